The number of aryl methyl sites for hydroxylation is 1. The molecule has 0 radical (unpaired) electrons. The number of rotatable bonds is 4. The Morgan fingerprint density at radius 3 is 2.81 bits per heavy atom. The number of hydrogen-bond donors (Lipinski definition) is 1. The summed E-state index contributed by atoms with van der Waals surface area (Å²) in [6.07, 6.45) is 1.89. The number of furan rings is 1. The molecule has 16 heavy (non-hydrogen) atoms. The lowest BCUT2D eigenvalue weighted by molar-refractivity contribution is 0.465. The SMILES string of the molecule is Cc1c(CNCc2ccc(Br)o2)cnn1C. The lowest BCUT2D eigenvalue weighted by atomic mass is 10.2. The third-order valence-electron chi connectivity index (χ3n) is 2.58. The molecule has 0 spiro atoms. The van der Waals surface area contributed by atoms with E-state index in [0.717, 1.165) is 23.5 Å². The molecule has 86 valence electrons. The van der Waals surface area contributed by atoms with Crippen molar-refractivity contribution in [2.75, 3.05) is 0 Å². The van der Waals surface area contributed by atoms with Crippen LogP contribution < -0.4 is 5.32 Å². The van der Waals surface area contributed by atoms with Gasteiger partial charge in [0.05, 0.1) is 12.7 Å². The first kappa shape index (κ1) is 11.4. The Labute approximate surface area is 103 Å². The number of nitrogens with zero attached hydrogens (tertiary/aromatic N) is 2. The van der Waals surface area contributed by atoms with Gasteiger partial charge in [-0.2, -0.15) is 5.10 Å². The maximum absolute atomic E-state index is 5.39. The minimum absolute atomic E-state index is 0.722. The molecule has 0 aliphatic carbocycles. The molecule has 2 rings (SSSR count). The second-order valence-electron chi connectivity index (χ2n) is 3.69. The summed E-state index contributed by atoms with van der Waals surface area (Å²) < 4.78 is 8.03. The van der Waals surface area contributed by atoms with Gasteiger partial charge in [0.25, 0.3) is 0 Å². The van der Waals surface area contributed by atoms with Crippen LogP contribution in [0, 0.1) is 6.92 Å². The first-order chi connectivity index (χ1) is 7.66. The Morgan fingerprint density at radius 2 is 2.25 bits per heavy atom. The predicted octanol–water partition coefficient (Wildman–Crippen LogP) is 2.37. The van der Waals surface area contributed by atoms with Crippen molar-refractivity contribution < 1.29 is 4.42 Å². The van der Waals surface area contributed by atoms with E-state index < -0.39 is 0 Å². The van der Waals surface area contributed by atoms with E-state index in [0.29, 0.717) is 0 Å². The van der Waals surface area contributed by atoms with Gasteiger partial charge in [-0.1, -0.05) is 0 Å². The molecular weight excluding hydrogens is 270 g/mol. The molecule has 0 aliphatic rings. The molecular formula is C11H14BrN3O. The summed E-state index contributed by atoms with van der Waals surface area (Å²) in [5.74, 6) is 0.924. The maximum Gasteiger partial charge on any atom is 0.169 e. The monoisotopic (exact) mass is 283 g/mol. The van der Waals surface area contributed by atoms with Gasteiger partial charge in [0.1, 0.15) is 5.76 Å². The van der Waals surface area contributed by atoms with Crippen molar-refractivity contribution >= 4 is 15.9 Å². The third-order valence-corrected chi connectivity index (χ3v) is 3.01. The van der Waals surface area contributed by atoms with Crippen molar-refractivity contribution in [3.8, 4) is 0 Å². The highest BCUT2D eigenvalue weighted by Gasteiger charge is 2.03. The standard InChI is InChI=1S/C11H14BrN3O/c1-8-9(6-14-15(8)2)5-13-7-10-3-4-11(12)16-10/h3-4,6,13H,5,7H2,1-2H3. The van der Waals surface area contributed by atoms with Gasteiger partial charge in [-0.25, -0.2) is 0 Å². The lowest BCUT2D eigenvalue weighted by Gasteiger charge is -2.02. The maximum atomic E-state index is 5.39. The first-order valence-corrected chi connectivity index (χ1v) is 5.88. The zero-order chi connectivity index (χ0) is 11.5. The summed E-state index contributed by atoms with van der Waals surface area (Å²) in [6.45, 7) is 3.59. The summed E-state index contributed by atoms with van der Waals surface area (Å²) in [5, 5.41) is 7.51. The summed E-state index contributed by atoms with van der Waals surface area (Å²) >= 11 is 3.28. The molecule has 2 aromatic heterocycles. The smallest absolute Gasteiger partial charge is 0.169 e. The van der Waals surface area contributed by atoms with Gasteiger partial charge < -0.3 is 9.73 Å². The molecule has 1 N–H and O–H groups in total. The highest BCUT2D eigenvalue weighted by molar-refractivity contribution is 9.10. The van der Waals surface area contributed by atoms with E-state index in [1.807, 2.05) is 30.1 Å². The van der Waals surface area contributed by atoms with Crippen LogP contribution in [-0.2, 0) is 20.1 Å². The van der Waals surface area contributed by atoms with Crippen LogP contribution in [0.3, 0.4) is 0 Å². The largest absolute Gasteiger partial charge is 0.453 e. The fraction of sp³-hybridized carbons (Fsp3) is 0.364. The minimum atomic E-state index is 0.722. The molecule has 0 fully saturated rings. The molecule has 2 aromatic rings. The minimum Gasteiger partial charge on any atom is -0.453 e. The average molecular weight is 284 g/mol. The summed E-state index contributed by atoms with van der Waals surface area (Å²) in [4.78, 5) is 0. The van der Waals surface area contributed by atoms with Crippen LogP contribution in [-0.4, -0.2) is 9.78 Å². The van der Waals surface area contributed by atoms with Crippen molar-refractivity contribution in [2.45, 2.75) is 20.0 Å². The summed E-state index contributed by atoms with van der Waals surface area (Å²) in [6, 6.07) is 3.85. The number of nitrogens with one attached hydrogen (secondary N) is 1. The van der Waals surface area contributed by atoms with E-state index in [9.17, 15) is 0 Å². The van der Waals surface area contributed by atoms with Gasteiger partial charge in [-0.05, 0) is 35.0 Å². The zero-order valence-corrected chi connectivity index (χ0v) is 10.9. The highest BCUT2D eigenvalue weighted by Crippen LogP contribution is 2.14. The van der Waals surface area contributed by atoms with Crippen molar-refractivity contribution in [2.24, 2.45) is 7.05 Å². The second kappa shape index (κ2) is 4.84. The van der Waals surface area contributed by atoms with Crippen LogP contribution in [0.15, 0.2) is 27.4 Å². The van der Waals surface area contributed by atoms with E-state index in [-0.39, 0.29) is 0 Å². The Kier molecular flexibility index (Phi) is 3.46. The van der Waals surface area contributed by atoms with E-state index in [4.69, 9.17) is 4.42 Å². The van der Waals surface area contributed by atoms with Crippen molar-refractivity contribution in [1.82, 2.24) is 15.1 Å². The molecule has 0 aromatic carbocycles. The first-order valence-electron chi connectivity index (χ1n) is 5.09. The zero-order valence-electron chi connectivity index (χ0n) is 9.33. The van der Waals surface area contributed by atoms with Crippen LogP contribution >= 0.6 is 15.9 Å². The highest BCUT2D eigenvalue weighted by atomic mass is 79.9. The van der Waals surface area contributed by atoms with Crippen molar-refractivity contribution in [3.05, 3.63) is 40.0 Å². The van der Waals surface area contributed by atoms with Crippen molar-refractivity contribution in [1.29, 1.82) is 0 Å². The van der Waals surface area contributed by atoms with Crippen LogP contribution in [0.1, 0.15) is 17.0 Å². The molecule has 0 aliphatic heterocycles. The van der Waals surface area contributed by atoms with Gasteiger partial charge in [0.15, 0.2) is 4.67 Å². The molecule has 0 atom stereocenters. The Bertz CT molecular complexity index is 475. The lowest BCUT2D eigenvalue weighted by Crippen LogP contribution is -2.12. The van der Waals surface area contributed by atoms with Crippen LogP contribution in [0.4, 0.5) is 0 Å². The Hall–Kier alpha value is -1.07. The summed E-state index contributed by atoms with van der Waals surface area (Å²) in [5.41, 5.74) is 2.40. The third kappa shape index (κ3) is 2.54. The molecule has 0 saturated heterocycles. The summed E-state index contributed by atoms with van der Waals surface area (Å²) in [7, 11) is 1.95. The Balaban J connectivity index is 1.86. The molecule has 2 heterocycles. The number of hydrogen-bond acceptors (Lipinski definition) is 3. The van der Waals surface area contributed by atoms with E-state index in [2.05, 4.69) is 33.3 Å². The van der Waals surface area contributed by atoms with E-state index >= 15 is 0 Å². The molecule has 0 saturated carbocycles. The molecule has 0 bridgehead atoms. The topological polar surface area (TPSA) is 43.0 Å². The van der Waals surface area contributed by atoms with Gasteiger partial charge >= 0.3 is 0 Å². The Morgan fingerprint density at radius 1 is 1.44 bits per heavy atom. The van der Waals surface area contributed by atoms with Gasteiger partial charge in [0.2, 0.25) is 0 Å². The van der Waals surface area contributed by atoms with Crippen molar-refractivity contribution in [3.63, 3.8) is 0 Å². The van der Waals surface area contributed by atoms with Crippen LogP contribution in [0.2, 0.25) is 0 Å². The van der Waals surface area contributed by atoms with Crippen LogP contribution in [0.5, 0.6) is 0 Å². The average Bonchev–Trinajstić information content (AvgIpc) is 2.79. The van der Waals surface area contributed by atoms with Crippen LogP contribution in [0.25, 0.3) is 0 Å². The molecule has 0 amide bonds. The predicted molar refractivity (Wildman–Crippen MR) is 64.9 cm³/mol. The second-order valence-corrected chi connectivity index (χ2v) is 4.47. The van der Waals surface area contributed by atoms with Gasteiger partial charge in [-0.15, -0.1) is 0 Å². The molecule has 0 unspecified atom stereocenters. The number of aromatic nitrogens is 2. The quantitative estimate of drug-likeness (QED) is 0.937. The molecule has 4 nitrogen and oxygen atoms in total. The van der Waals surface area contributed by atoms with E-state index in [1.165, 1.54) is 11.3 Å². The normalized spacial score (nSPS) is 10.9. The number of halogens is 1. The fourth-order valence-electron chi connectivity index (χ4n) is 1.48. The van der Waals surface area contributed by atoms with Gasteiger partial charge in [-0.3, -0.25) is 4.68 Å². The fourth-order valence-corrected chi connectivity index (χ4v) is 1.82. The molecule has 5 heteroatoms. The van der Waals surface area contributed by atoms with E-state index in [1.54, 1.807) is 0 Å². The van der Waals surface area contributed by atoms with Gasteiger partial charge in [0, 0.05) is 24.8 Å².